The average molecular weight is 304 g/mol. The number of methoxy groups -OCH3 is 1. The Kier molecular flexibility index (Phi) is 3.53. The van der Waals surface area contributed by atoms with Gasteiger partial charge in [-0.2, -0.15) is 0 Å². The molecule has 0 aliphatic carbocycles. The van der Waals surface area contributed by atoms with Crippen LogP contribution in [-0.4, -0.2) is 31.0 Å². The Morgan fingerprint density at radius 1 is 1.33 bits per heavy atom. The molecule has 5 heteroatoms. The lowest BCUT2D eigenvalue weighted by Crippen LogP contribution is -2.28. The van der Waals surface area contributed by atoms with Gasteiger partial charge in [0.2, 0.25) is 0 Å². The molecule has 1 saturated heterocycles. The van der Waals surface area contributed by atoms with Gasteiger partial charge in [0.05, 0.1) is 18.2 Å². The number of anilines is 1. The third-order valence-corrected chi connectivity index (χ3v) is 5.56. The van der Waals surface area contributed by atoms with Crippen molar-refractivity contribution in [1.29, 1.82) is 0 Å². The number of nitrogens with zero attached hydrogens (tertiary/aromatic N) is 1. The number of fused-ring (bicyclic) bond motifs is 1. The SMILES string of the molecule is COc1cccc2sc(C(=O)N3CC(C)C(C)C3)c(N)c12. The van der Waals surface area contributed by atoms with Crippen LogP contribution in [-0.2, 0) is 0 Å². The number of benzene rings is 1. The summed E-state index contributed by atoms with van der Waals surface area (Å²) >= 11 is 1.45. The zero-order valence-electron chi connectivity index (χ0n) is 12.6. The number of rotatable bonds is 2. The highest BCUT2D eigenvalue weighted by Gasteiger charge is 2.32. The number of carbonyl (C=O) groups is 1. The first kappa shape index (κ1) is 14.2. The van der Waals surface area contributed by atoms with Crippen LogP contribution < -0.4 is 10.5 Å². The molecule has 2 N–H and O–H groups in total. The van der Waals surface area contributed by atoms with Gasteiger partial charge in [0.1, 0.15) is 10.6 Å². The van der Waals surface area contributed by atoms with E-state index in [1.807, 2.05) is 23.1 Å². The van der Waals surface area contributed by atoms with Gasteiger partial charge in [0.25, 0.3) is 5.91 Å². The maximum atomic E-state index is 12.7. The summed E-state index contributed by atoms with van der Waals surface area (Å²) < 4.78 is 6.36. The molecule has 2 aromatic rings. The molecule has 1 amide bonds. The van der Waals surface area contributed by atoms with Gasteiger partial charge in [0, 0.05) is 17.8 Å². The Balaban J connectivity index is 2.01. The molecular weight excluding hydrogens is 284 g/mol. The predicted molar refractivity (Wildman–Crippen MR) is 87.0 cm³/mol. The molecule has 0 spiro atoms. The largest absolute Gasteiger partial charge is 0.496 e. The predicted octanol–water partition coefficient (Wildman–Crippen LogP) is 3.22. The zero-order valence-corrected chi connectivity index (χ0v) is 13.4. The molecule has 0 saturated carbocycles. The van der Waals surface area contributed by atoms with E-state index in [2.05, 4.69) is 13.8 Å². The van der Waals surface area contributed by atoms with Gasteiger partial charge in [0.15, 0.2) is 0 Å². The Hall–Kier alpha value is -1.75. The van der Waals surface area contributed by atoms with E-state index in [1.54, 1.807) is 7.11 Å². The highest BCUT2D eigenvalue weighted by Crippen LogP contribution is 2.40. The fourth-order valence-corrected chi connectivity index (χ4v) is 4.02. The van der Waals surface area contributed by atoms with Gasteiger partial charge in [-0.05, 0) is 24.0 Å². The molecule has 4 nitrogen and oxygen atoms in total. The van der Waals surface area contributed by atoms with E-state index in [0.717, 1.165) is 28.9 Å². The quantitative estimate of drug-likeness (QED) is 0.927. The number of nitrogen functional groups attached to an aromatic ring is 1. The fourth-order valence-electron chi connectivity index (χ4n) is 2.91. The molecular formula is C16H20N2O2S. The Morgan fingerprint density at radius 2 is 2.00 bits per heavy atom. The first-order valence-electron chi connectivity index (χ1n) is 7.17. The van der Waals surface area contributed by atoms with Crippen molar-refractivity contribution in [1.82, 2.24) is 4.90 Å². The number of carbonyl (C=O) groups excluding carboxylic acids is 1. The van der Waals surface area contributed by atoms with E-state index in [9.17, 15) is 4.79 Å². The second-order valence-corrected chi connectivity index (χ2v) is 6.90. The van der Waals surface area contributed by atoms with Gasteiger partial charge < -0.3 is 15.4 Å². The topological polar surface area (TPSA) is 55.6 Å². The van der Waals surface area contributed by atoms with Crippen molar-refractivity contribution in [3.8, 4) is 5.75 Å². The van der Waals surface area contributed by atoms with Gasteiger partial charge >= 0.3 is 0 Å². The van der Waals surface area contributed by atoms with E-state index in [4.69, 9.17) is 10.5 Å². The first-order chi connectivity index (χ1) is 10.0. The summed E-state index contributed by atoms with van der Waals surface area (Å²) in [6.45, 7) is 6.00. The third-order valence-electron chi connectivity index (χ3n) is 4.40. The summed E-state index contributed by atoms with van der Waals surface area (Å²) in [7, 11) is 1.62. The highest BCUT2D eigenvalue weighted by atomic mass is 32.1. The standard InChI is InChI=1S/C16H20N2O2S/c1-9-7-18(8-10(9)2)16(19)15-14(17)13-11(20-3)5-4-6-12(13)21-15/h4-6,9-10H,7-8,17H2,1-3H3. The van der Waals surface area contributed by atoms with E-state index >= 15 is 0 Å². The Morgan fingerprint density at radius 3 is 2.62 bits per heavy atom. The summed E-state index contributed by atoms with van der Waals surface area (Å²) in [5.74, 6) is 1.86. The maximum Gasteiger partial charge on any atom is 0.266 e. The van der Waals surface area contributed by atoms with Crippen LogP contribution in [0.1, 0.15) is 23.5 Å². The number of likely N-dealkylation sites (tertiary alicyclic amines) is 1. The molecule has 1 aromatic carbocycles. The van der Waals surface area contributed by atoms with Crippen LogP contribution in [0.15, 0.2) is 18.2 Å². The number of thiophene rings is 1. The number of ether oxygens (including phenoxy) is 1. The van der Waals surface area contributed by atoms with Crippen LogP contribution in [0.25, 0.3) is 10.1 Å². The molecule has 0 radical (unpaired) electrons. The second kappa shape index (κ2) is 5.22. The summed E-state index contributed by atoms with van der Waals surface area (Å²) in [4.78, 5) is 15.3. The van der Waals surface area contributed by atoms with Gasteiger partial charge in [-0.25, -0.2) is 0 Å². The Bertz CT molecular complexity index is 685. The van der Waals surface area contributed by atoms with Crippen molar-refractivity contribution in [2.45, 2.75) is 13.8 Å². The second-order valence-electron chi connectivity index (χ2n) is 5.84. The molecule has 1 aliphatic heterocycles. The zero-order chi connectivity index (χ0) is 15.1. The van der Waals surface area contributed by atoms with E-state index < -0.39 is 0 Å². The van der Waals surface area contributed by atoms with Crippen molar-refractivity contribution in [2.75, 3.05) is 25.9 Å². The Labute approximate surface area is 128 Å². The highest BCUT2D eigenvalue weighted by molar-refractivity contribution is 7.21. The summed E-state index contributed by atoms with van der Waals surface area (Å²) in [5, 5.41) is 0.855. The van der Waals surface area contributed by atoms with E-state index in [-0.39, 0.29) is 5.91 Å². The summed E-state index contributed by atoms with van der Waals surface area (Å²) in [6, 6.07) is 5.77. The molecule has 1 aromatic heterocycles. The molecule has 1 fully saturated rings. The summed E-state index contributed by atoms with van der Waals surface area (Å²) in [5.41, 5.74) is 6.78. The summed E-state index contributed by atoms with van der Waals surface area (Å²) in [6.07, 6.45) is 0. The van der Waals surface area contributed by atoms with Crippen LogP contribution in [0.2, 0.25) is 0 Å². The maximum absolute atomic E-state index is 12.7. The molecule has 2 unspecified atom stereocenters. The average Bonchev–Trinajstić information content (AvgIpc) is 2.99. The molecule has 112 valence electrons. The van der Waals surface area contributed by atoms with Crippen LogP contribution in [0.3, 0.4) is 0 Å². The molecule has 0 bridgehead atoms. The molecule has 2 atom stereocenters. The number of hydrogen-bond donors (Lipinski definition) is 1. The lowest BCUT2D eigenvalue weighted by molar-refractivity contribution is 0.0791. The van der Waals surface area contributed by atoms with Crippen molar-refractivity contribution in [3.05, 3.63) is 23.1 Å². The van der Waals surface area contributed by atoms with Crippen LogP contribution in [0.4, 0.5) is 5.69 Å². The minimum atomic E-state index is 0.0481. The number of hydrogen-bond acceptors (Lipinski definition) is 4. The van der Waals surface area contributed by atoms with Crippen molar-refractivity contribution < 1.29 is 9.53 Å². The smallest absolute Gasteiger partial charge is 0.266 e. The number of amides is 1. The van der Waals surface area contributed by atoms with Gasteiger partial charge in [-0.3, -0.25) is 4.79 Å². The first-order valence-corrected chi connectivity index (χ1v) is 7.98. The minimum absolute atomic E-state index is 0.0481. The van der Waals surface area contributed by atoms with E-state index in [1.165, 1.54) is 11.3 Å². The van der Waals surface area contributed by atoms with Crippen molar-refractivity contribution in [3.63, 3.8) is 0 Å². The molecule has 3 rings (SSSR count). The van der Waals surface area contributed by atoms with E-state index in [0.29, 0.717) is 22.4 Å². The minimum Gasteiger partial charge on any atom is -0.496 e. The lowest BCUT2D eigenvalue weighted by atomic mass is 10.0. The van der Waals surface area contributed by atoms with Crippen molar-refractivity contribution >= 4 is 33.0 Å². The molecule has 1 aliphatic rings. The third kappa shape index (κ3) is 2.25. The normalized spacial score (nSPS) is 22.0. The van der Waals surface area contributed by atoms with Crippen LogP contribution in [0, 0.1) is 11.8 Å². The van der Waals surface area contributed by atoms with Crippen LogP contribution in [0.5, 0.6) is 5.75 Å². The fraction of sp³-hybridized carbons (Fsp3) is 0.438. The molecule has 21 heavy (non-hydrogen) atoms. The van der Waals surface area contributed by atoms with Gasteiger partial charge in [-0.1, -0.05) is 19.9 Å². The number of nitrogens with two attached hydrogens (primary N) is 1. The van der Waals surface area contributed by atoms with Crippen molar-refractivity contribution in [2.24, 2.45) is 11.8 Å². The monoisotopic (exact) mass is 304 g/mol. The molecule has 2 heterocycles. The lowest BCUT2D eigenvalue weighted by Gasteiger charge is -2.15. The van der Waals surface area contributed by atoms with Gasteiger partial charge in [-0.15, -0.1) is 11.3 Å². The van der Waals surface area contributed by atoms with Crippen LogP contribution >= 0.6 is 11.3 Å².